The number of rotatable bonds is 1. The summed E-state index contributed by atoms with van der Waals surface area (Å²) in [5, 5.41) is 0.611. The van der Waals surface area contributed by atoms with Crippen molar-refractivity contribution in [2.75, 3.05) is 5.73 Å². The lowest BCUT2D eigenvalue weighted by Gasteiger charge is -2.15. The highest BCUT2D eigenvalue weighted by molar-refractivity contribution is 6.33. The summed E-state index contributed by atoms with van der Waals surface area (Å²) in [6, 6.07) is 5.43. The Labute approximate surface area is 106 Å². The average Bonchev–Trinajstić information content (AvgIpc) is 2.65. The zero-order valence-corrected chi connectivity index (χ0v) is 11.0. The number of nitrogen functional groups attached to an aromatic ring is 1. The lowest BCUT2D eigenvalue weighted by atomic mass is 9.93. The quantitative estimate of drug-likeness (QED) is 0.759. The standard InChI is InChI=1S/C13H16ClN3/c1-13(2,3)11-7-16-12(17-11)9-5-4-8(15)6-10(9)14/h4-7H,15H2,1-3H3,(H,16,17). The Morgan fingerprint density at radius 3 is 2.53 bits per heavy atom. The number of H-pyrrole nitrogens is 1. The van der Waals surface area contributed by atoms with Crippen LogP contribution in [0, 0.1) is 0 Å². The Morgan fingerprint density at radius 1 is 1.29 bits per heavy atom. The van der Waals surface area contributed by atoms with Crippen molar-refractivity contribution in [3.63, 3.8) is 0 Å². The summed E-state index contributed by atoms with van der Waals surface area (Å²) in [6.07, 6.45) is 1.85. The number of nitrogens with one attached hydrogen (secondary N) is 1. The van der Waals surface area contributed by atoms with Gasteiger partial charge in [-0.3, -0.25) is 0 Å². The van der Waals surface area contributed by atoms with E-state index in [4.69, 9.17) is 17.3 Å². The number of aromatic amines is 1. The molecule has 1 aromatic carbocycles. The van der Waals surface area contributed by atoms with Gasteiger partial charge >= 0.3 is 0 Å². The highest BCUT2D eigenvalue weighted by Crippen LogP contribution is 2.29. The van der Waals surface area contributed by atoms with Crippen molar-refractivity contribution in [1.29, 1.82) is 0 Å². The Bertz CT molecular complexity index is 538. The number of benzene rings is 1. The van der Waals surface area contributed by atoms with Crippen molar-refractivity contribution < 1.29 is 0 Å². The number of halogens is 1. The molecule has 0 bridgehead atoms. The minimum absolute atomic E-state index is 0.0472. The second-order valence-corrected chi connectivity index (χ2v) is 5.54. The van der Waals surface area contributed by atoms with Crippen LogP contribution in [0.5, 0.6) is 0 Å². The molecule has 2 rings (SSSR count). The summed E-state index contributed by atoms with van der Waals surface area (Å²) in [4.78, 5) is 7.66. The molecule has 0 fully saturated rings. The van der Waals surface area contributed by atoms with E-state index in [-0.39, 0.29) is 5.41 Å². The highest BCUT2D eigenvalue weighted by Gasteiger charge is 2.17. The molecule has 2 aromatic rings. The van der Waals surface area contributed by atoms with Crippen molar-refractivity contribution in [2.45, 2.75) is 26.2 Å². The first-order valence-corrected chi connectivity index (χ1v) is 5.86. The molecule has 0 aliphatic carbocycles. The first-order chi connectivity index (χ1) is 7.88. The van der Waals surface area contributed by atoms with Crippen LogP contribution < -0.4 is 5.73 Å². The second kappa shape index (κ2) is 4.08. The second-order valence-electron chi connectivity index (χ2n) is 5.13. The maximum atomic E-state index is 6.15. The van der Waals surface area contributed by atoms with Crippen LogP contribution in [0.2, 0.25) is 5.02 Å². The molecule has 3 N–H and O–H groups in total. The van der Waals surface area contributed by atoms with Gasteiger partial charge in [0.25, 0.3) is 0 Å². The summed E-state index contributed by atoms with van der Waals surface area (Å²) < 4.78 is 0. The molecule has 3 nitrogen and oxygen atoms in total. The Kier molecular flexibility index (Phi) is 2.87. The molecular weight excluding hydrogens is 234 g/mol. The number of anilines is 1. The third-order valence-corrected chi connectivity index (χ3v) is 2.94. The molecule has 4 heteroatoms. The van der Waals surface area contributed by atoms with Gasteiger partial charge in [-0.05, 0) is 18.2 Å². The van der Waals surface area contributed by atoms with Gasteiger partial charge in [-0.1, -0.05) is 32.4 Å². The Balaban J connectivity index is 2.44. The van der Waals surface area contributed by atoms with Crippen molar-refractivity contribution in [1.82, 2.24) is 9.97 Å². The number of imidazole rings is 1. The van der Waals surface area contributed by atoms with Crippen molar-refractivity contribution >= 4 is 17.3 Å². The van der Waals surface area contributed by atoms with E-state index in [9.17, 15) is 0 Å². The van der Waals surface area contributed by atoms with Gasteiger partial charge in [-0.2, -0.15) is 0 Å². The van der Waals surface area contributed by atoms with Crippen molar-refractivity contribution in [3.8, 4) is 11.4 Å². The molecule has 1 aromatic heterocycles. The molecule has 0 amide bonds. The predicted molar refractivity (Wildman–Crippen MR) is 72.1 cm³/mol. The average molecular weight is 250 g/mol. The summed E-state index contributed by atoms with van der Waals surface area (Å²) in [5.41, 5.74) is 8.32. The number of hydrogen-bond donors (Lipinski definition) is 2. The third-order valence-electron chi connectivity index (χ3n) is 2.63. The smallest absolute Gasteiger partial charge is 0.139 e. The van der Waals surface area contributed by atoms with Crippen LogP contribution in [0.1, 0.15) is 26.5 Å². The van der Waals surface area contributed by atoms with Crippen LogP contribution in [-0.4, -0.2) is 9.97 Å². The van der Waals surface area contributed by atoms with Gasteiger partial charge in [0.2, 0.25) is 0 Å². The van der Waals surface area contributed by atoms with Gasteiger partial charge in [-0.25, -0.2) is 4.98 Å². The number of aromatic nitrogens is 2. The molecule has 0 saturated heterocycles. The molecule has 0 radical (unpaired) electrons. The molecule has 0 spiro atoms. The largest absolute Gasteiger partial charge is 0.399 e. The van der Waals surface area contributed by atoms with Crippen LogP contribution in [-0.2, 0) is 5.41 Å². The van der Waals surface area contributed by atoms with E-state index >= 15 is 0 Å². The maximum Gasteiger partial charge on any atom is 0.139 e. The van der Waals surface area contributed by atoms with Gasteiger partial charge in [0.1, 0.15) is 5.82 Å². The fourth-order valence-corrected chi connectivity index (χ4v) is 1.84. The fourth-order valence-electron chi connectivity index (χ4n) is 1.56. The molecule has 0 atom stereocenters. The Hall–Kier alpha value is -1.48. The maximum absolute atomic E-state index is 6.15. The van der Waals surface area contributed by atoms with Crippen LogP contribution in [0.3, 0.4) is 0 Å². The molecule has 0 aliphatic heterocycles. The Morgan fingerprint density at radius 2 is 2.00 bits per heavy atom. The normalized spacial score (nSPS) is 11.8. The monoisotopic (exact) mass is 249 g/mol. The molecule has 0 aliphatic rings. The molecule has 0 saturated carbocycles. The minimum Gasteiger partial charge on any atom is -0.399 e. The summed E-state index contributed by atoms with van der Waals surface area (Å²) in [6.45, 7) is 6.40. The van der Waals surface area contributed by atoms with E-state index in [1.54, 1.807) is 6.07 Å². The summed E-state index contributed by atoms with van der Waals surface area (Å²) >= 11 is 6.15. The predicted octanol–water partition coefficient (Wildman–Crippen LogP) is 3.61. The molecule has 1 heterocycles. The van der Waals surface area contributed by atoms with E-state index < -0.39 is 0 Å². The topological polar surface area (TPSA) is 54.7 Å². The van der Waals surface area contributed by atoms with Crippen LogP contribution in [0.25, 0.3) is 11.4 Å². The van der Waals surface area contributed by atoms with Gasteiger partial charge in [0, 0.05) is 28.6 Å². The van der Waals surface area contributed by atoms with Gasteiger partial charge in [-0.15, -0.1) is 0 Å². The molecular formula is C13H16ClN3. The van der Waals surface area contributed by atoms with E-state index in [1.165, 1.54) is 0 Å². The molecule has 17 heavy (non-hydrogen) atoms. The number of hydrogen-bond acceptors (Lipinski definition) is 2. The first kappa shape index (κ1) is 12.0. The zero-order valence-electron chi connectivity index (χ0n) is 10.2. The van der Waals surface area contributed by atoms with Gasteiger partial charge in [0.05, 0.1) is 5.02 Å². The number of nitrogens with zero attached hydrogens (tertiary/aromatic N) is 1. The lowest BCUT2D eigenvalue weighted by molar-refractivity contribution is 0.573. The molecule has 90 valence electrons. The number of nitrogens with two attached hydrogens (primary N) is 1. The van der Waals surface area contributed by atoms with E-state index in [2.05, 4.69) is 30.7 Å². The zero-order chi connectivity index (χ0) is 12.6. The SMILES string of the molecule is CC(C)(C)c1cnc(-c2ccc(N)cc2Cl)[nH]1. The highest BCUT2D eigenvalue weighted by atomic mass is 35.5. The summed E-state index contributed by atoms with van der Waals surface area (Å²) in [5.74, 6) is 0.778. The van der Waals surface area contributed by atoms with Gasteiger partial charge in [0.15, 0.2) is 0 Å². The fraction of sp³-hybridized carbons (Fsp3) is 0.308. The van der Waals surface area contributed by atoms with Crippen LogP contribution in [0.15, 0.2) is 24.4 Å². The van der Waals surface area contributed by atoms with E-state index in [0.717, 1.165) is 17.1 Å². The summed E-state index contributed by atoms with van der Waals surface area (Å²) in [7, 11) is 0. The van der Waals surface area contributed by atoms with Crippen molar-refractivity contribution in [3.05, 3.63) is 35.1 Å². The first-order valence-electron chi connectivity index (χ1n) is 5.49. The van der Waals surface area contributed by atoms with Gasteiger partial charge < -0.3 is 10.7 Å². The van der Waals surface area contributed by atoms with Crippen LogP contribution in [0.4, 0.5) is 5.69 Å². The van der Waals surface area contributed by atoms with Crippen molar-refractivity contribution in [2.24, 2.45) is 0 Å². The lowest BCUT2D eigenvalue weighted by Crippen LogP contribution is -2.11. The minimum atomic E-state index is 0.0472. The third kappa shape index (κ3) is 2.44. The molecule has 0 unspecified atom stereocenters. The van der Waals surface area contributed by atoms with Crippen LogP contribution >= 0.6 is 11.6 Å². The van der Waals surface area contributed by atoms with E-state index in [1.807, 2.05) is 18.3 Å². The van der Waals surface area contributed by atoms with E-state index in [0.29, 0.717) is 10.7 Å².